The van der Waals surface area contributed by atoms with Gasteiger partial charge in [-0.15, -0.1) is 0 Å². The van der Waals surface area contributed by atoms with Gasteiger partial charge in [-0.1, -0.05) is 12.1 Å². The number of H-pyrrole nitrogens is 1. The van der Waals surface area contributed by atoms with Gasteiger partial charge in [0.25, 0.3) is 5.91 Å². The summed E-state index contributed by atoms with van der Waals surface area (Å²) in [6, 6.07) is 16.2. The van der Waals surface area contributed by atoms with Crippen molar-refractivity contribution in [2.75, 3.05) is 13.1 Å². The Morgan fingerprint density at radius 3 is 2.46 bits per heavy atom. The van der Waals surface area contributed by atoms with Crippen LogP contribution >= 0.6 is 0 Å². The normalized spacial score (nSPS) is 14.4. The Balaban J connectivity index is 1.28. The first kappa shape index (κ1) is 22.8. The molecule has 1 saturated heterocycles. The van der Waals surface area contributed by atoms with Gasteiger partial charge in [-0.3, -0.25) is 14.3 Å². The second kappa shape index (κ2) is 9.12. The van der Waals surface area contributed by atoms with Crippen molar-refractivity contribution in [3.63, 3.8) is 0 Å². The van der Waals surface area contributed by atoms with Crippen LogP contribution in [0.2, 0.25) is 0 Å². The maximum absolute atomic E-state index is 14.0. The highest BCUT2D eigenvalue weighted by molar-refractivity contribution is 5.93. The number of amides is 1. The summed E-state index contributed by atoms with van der Waals surface area (Å²) in [7, 11) is 0. The lowest BCUT2D eigenvalue weighted by Gasteiger charge is -2.32. The fraction of sp³-hybridized carbons (Fsp3) is 0.185. The molecular formula is C27H22F2N6O2. The van der Waals surface area contributed by atoms with Gasteiger partial charge in [0, 0.05) is 43.2 Å². The third-order valence-electron chi connectivity index (χ3n) is 6.79. The van der Waals surface area contributed by atoms with Crippen LogP contribution in [0.5, 0.6) is 0 Å². The number of halogens is 2. The third-order valence-corrected chi connectivity index (χ3v) is 6.79. The van der Waals surface area contributed by atoms with Gasteiger partial charge in [-0.25, -0.2) is 18.3 Å². The summed E-state index contributed by atoms with van der Waals surface area (Å²) in [5.41, 5.74) is 3.25. The van der Waals surface area contributed by atoms with Gasteiger partial charge in [0.05, 0.1) is 22.4 Å². The standard InChI is InChI=1S/C27H22F2N6O2/c28-20-6-5-19(15-21(20)29)35-25(17-7-11-30-12-8-17)16-23(32-35)26(36)33-13-9-18(10-14-33)34-24-4-2-1-3-22(24)31-27(34)37/h1-8,11-12,15-16,18H,9-10,13-14H2,(H,31,37). The van der Waals surface area contributed by atoms with Gasteiger partial charge in [-0.2, -0.15) is 5.10 Å². The van der Waals surface area contributed by atoms with E-state index in [1.807, 2.05) is 24.3 Å². The number of aromatic nitrogens is 5. The number of carbonyl (C=O) groups excluding carboxylic acids is 1. The molecule has 0 aliphatic carbocycles. The van der Waals surface area contributed by atoms with E-state index in [0.29, 0.717) is 37.3 Å². The second-order valence-electron chi connectivity index (χ2n) is 9.00. The number of pyridine rings is 1. The molecule has 4 heterocycles. The second-order valence-corrected chi connectivity index (χ2v) is 9.00. The minimum Gasteiger partial charge on any atom is -0.337 e. The van der Waals surface area contributed by atoms with Crippen LogP contribution in [0.15, 0.2) is 77.9 Å². The molecule has 0 spiro atoms. The molecular weight excluding hydrogens is 478 g/mol. The lowest BCUT2D eigenvalue weighted by molar-refractivity contribution is 0.0688. The number of hydrogen-bond donors (Lipinski definition) is 1. The topological polar surface area (TPSA) is 88.8 Å². The molecule has 6 rings (SSSR count). The van der Waals surface area contributed by atoms with Crippen molar-refractivity contribution < 1.29 is 13.6 Å². The molecule has 2 aromatic carbocycles. The molecule has 10 heteroatoms. The van der Waals surface area contributed by atoms with Gasteiger partial charge < -0.3 is 9.88 Å². The van der Waals surface area contributed by atoms with Crippen molar-refractivity contribution >= 4 is 16.9 Å². The number of carbonyl (C=O) groups is 1. The maximum atomic E-state index is 14.0. The van der Waals surface area contributed by atoms with Gasteiger partial charge in [0.2, 0.25) is 0 Å². The summed E-state index contributed by atoms with van der Waals surface area (Å²) < 4.78 is 30.8. The molecule has 1 amide bonds. The molecule has 3 aromatic heterocycles. The van der Waals surface area contributed by atoms with E-state index in [4.69, 9.17) is 0 Å². The summed E-state index contributed by atoms with van der Waals surface area (Å²) in [6.45, 7) is 0.913. The largest absolute Gasteiger partial charge is 0.337 e. The number of benzene rings is 2. The minimum atomic E-state index is -1.00. The molecule has 8 nitrogen and oxygen atoms in total. The van der Waals surface area contributed by atoms with Crippen molar-refractivity contribution in [2.24, 2.45) is 0 Å². The first-order chi connectivity index (χ1) is 18.0. The van der Waals surface area contributed by atoms with E-state index in [1.165, 1.54) is 10.7 Å². The third kappa shape index (κ3) is 4.10. The zero-order chi connectivity index (χ0) is 25.5. The number of rotatable bonds is 4. The Labute approximate surface area is 209 Å². The number of likely N-dealkylation sites (tertiary alicyclic amines) is 1. The molecule has 1 aliphatic rings. The zero-order valence-electron chi connectivity index (χ0n) is 19.6. The van der Waals surface area contributed by atoms with Crippen molar-refractivity contribution in [3.8, 4) is 16.9 Å². The molecule has 5 aromatic rings. The summed E-state index contributed by atoms with van der Waals surface area (Å²) in [4.78, 5) is 34.7. The van der Waals surface area contributed by atoms with Crippen LogP contribution in [0.4, 0.5) is 8.78 Å². The summed E-state index contributed by atoms with van der Waals surface area (Å²) in [6.07, 6.45) is 4.46. The average molecular weight is 501 g/mol. The van der Waals surface area contributed by atoms with Crippen LogP contribution in [0.3, 0.4) is 0 Å². The van der Waals surface area contributed by atoms with E-state index >= 15 is 0 Å². The maximum Gasteiger partial charge on any atom is 0.326 e. The van der Waals surface area contributed by atoms with Crippen molar-refractivity contribution in [1.82, 2.24) is 29.2 Å². The summed E-state index contributed by atoms with van der Waals surface area (Å²) >= 11 is 0. The number of imidazole rings is 1. The predicted molar refractivity (Wildman–Crippen MR) is 133 cm³/mol. The highest BCUT2D eigenvalue weighted by atomic mass is 19.2. The van der Waals surface area contributed by atoms with Crippen LogP contribution in [-0.2, 0) is 0 Å². The number of fused-ring (bicyclic) bond motifs is 1. The highest BCUT2D eigenvalue weighted by Crippen LogP contribution is 2.28. The van der Waals surface area contributed by atoms with E-state index in [-0.39, 0.29) is 23.3 Å². The van der Waals surface area contributed by atoms with Gasteiger partial charge in [-0.05, 0) is 55.3 Å². The van der Waals surface area contributed by atoms with Crippen molar-refractivity contribution in [1.29, 1.82) is 0 Å². The number of piperidine rings is 1. The molecule has 0 radical (unpaired) electrons. The molecule has 1 fully saturated rings. The molecule has 0 atom stereocenters. The van der Waals surface area contributed by atoms with Crippen molar-refractivity contribution in [3.05, 3.63) is 101 Å². The number of nitrogens with one attached hydrogen (secondary N) is 1. The molecule has 1 aliphatic heterocycles. The van der Waals surface area contributed by atoms with Gasteiger partial charge in [0.1, 0.15) is 0 Å². The quantitative estimate of drug-likeness (QED) is 0.398. The van der Waals surface area contributed by atoms with Crippen LogP contribution in [0.1, 0.15) is 29.4 Å². The average Bonchev–Trinajstić information content (AvgIpc) is 3.51. The Morgan fingerprint density at radius 1 is 0.946 bits per heavy atom. The first-order valence-electron chi connectivity index (χ1n) is 11.9. The molecule has 0 unspecified atom stereocenters. The SMILES string of the molecule is O=C(c1cc(-c2ccncc2)n(-c2ccc(F)c(F)c2)n1)N1CCC(n2c(=O)[nH]c3ccccc32)CC1. The Hall–Kier alpha value is -4.60. The number of para-hydroxylation sites is 2. The van der Waals surface area contributed by atoms with Crippen LogP contribution in [0.25, 0.3) is 28.0 Å². The fourth-order valence-electron chi connectivity index (χ4n) is 4.95. The number of hydrogen-bond acceptors (Lipinski definition) is 4. The molecule has 1 N–H and O–H groups in total. The zero-order valence-corrected chi connectivity index (χ0v) is 19.6. The first-order valence-corrected chi connectivity index (χ1v) is 11.9. The van der Waals surface area contributed by atoms with Gasteiger partial charge >= 0.3 is 5.69 Å². The van der Waals surface area contributed by atoms with E-state index in [1.54, 1.807) is 40.1 Å². The summed E-state index contributed by atoms with van der Waals surface area (Å²) in [5.74, 6) is -2.23. The van der Waals surface area contributed by atoms with Crippen LogP contribution in [0, 0.1) is 11.6 Å². The highest BCUT2D eigenvalue weighted by Gasteiger charge is 2.28. The lowest BCUT2D eigenvalue weighted by Crippen LogP contribution is -2.40. The van der Waals surface area contributed by atoms with Crippen molar-refractivity contribution in [2.45, 2.75) is 18.9 Å². The summed E-state index contributed by atoms with van der Waals surface area (Å²) in [5, 5.41) is 4.48. The minimum absolute atomic E-state index is 0.0279. The number of nitrogens with zero attached hydrogens (tertiary/aromatic N) is 5. The lowest BCUT2D eigenvalue weighted by atomic mass is 10.0. The fourth-order valence-corrected chi connectivity index (χ4v) is 4.95. The van der Waals surface area contributed by atoms with E-state index in [2.05, 4.69) is 15.1 Å². The molecule has 0 bridgehead atoms. The van der Waals surface area contributed by atoms with Gasteiger partial charge in [0.15, 0.2) is 17.3 Å². The van der Waals surface area contributed by atoms with E-state index in [0.717, 1.165) is 28.7 Å². The molecule has 186 valence electrons. The Morgan fingerprint density at radius 2 is 1.70 bits per heavy atom. The van der Waals surface area contributed by atoms with Crippen LogP contribution < -0.4 is 5.69 Å². The Kier molecular flexibility index (Phi) is 5.63. The monoisotopic (exact) mass is 500 g/mol. The van der Waals surface area contributed by atoms with Crippen LogP contribution in [-0.4, -0.2) is 48.2 Å². The Bertz CT molecular complexity index is 1670. The molecule has 0 saturated carbocycles. The smallest absolute Gasteiger partial charge is 0.326 e. The molecule has 37 heavy (non-hydrogen) atoms. The van der Waals surface area contributed by atoms with E-state index < -0.39 is 11.6 Å². The predicted octanol–water partition coefficient (Wildman–Crippen LogP) is 4.33. The van der Waals surface area contributed by atoms with E-state index in [9.17, 15) is 18.4 Å². The number of aromatic amines is 1.